The number of nitrogens with zero attached hydrogens (tertiary/aromatic N) is 3. The number of carbonyl (C=O) groups is 1. The number of halogens is 2. The quantitative estimate of drug-likeness (QED) is 0.411. The van der Waals surface area contributed by atoms with Crippen LogP contribution in [0.2, 0.25) is 0 Å². The van der Waals surface area contributed by atoms with E-state index < -0.39 is 34.3 Å². The zero-order chi connectivity index (χ0) is 25.7. The van der Waals surface area contributed by atoms with Crippen LogP contribution in [0.3, 0.4) is 0 Å². The third-order valence-electron chi connectivity index (χ3n) is 7.04. The van der Waals surface area contributed by atoms with Gasteiger partial charge in [0.1, 0.15) is 19.0 Å². The van der Waals surface area contributed by atoms with Crippen LogP contribution in [-0.4, -0.2) is 39.4 Å². The SMILES string of the molecule is O=C1c2c(O)c(=O)ccn2N2Cc3c(cc(F)c(F)c3CSc3ccccc3)OC/C=C/C3(CC3)N1C2. The number of ether oxygens (including phenoxy) is 1. The van der Waals surface area contributed by atoms with Crippen molar-refractivity contribution in [2.75, 3.05) is 18.3 Å². The molecule has 0 radical (unpaired) electrons. The fraction of sp³-hybridized carbons (Fsp3) is 0.259. The van der Waals surface area contributed by atoms with E-state index in [1.165, 1.54) is 28.7 Å². The zero-order valence-corrected chi connectivity index (χ0v) is 20.5. The molecule has 10 heteroatoms. The topological polar surface area (TPSA) is 75.0 Å². The molecule has 3 aromatic rings. The molecule has 1 aromatic heterocycles. The average Bonchev–Trinajstić information content (AvgIpc) is 3.68. The molecule has 2 aliphatic heterocycles. The van der Waals surface area contributed by atoms with Gasteiger partial charge in [0.25, 0.3) is 5.91 Å². The van der Waals surface area contributed by atoms with Crippen molar-refractivity contribution in [1.82, 2.24) is 9.58 Å². The van der Waals surface area contributed by atoms with Crippen molar-refractivity contribution in [3.05, 3.63) is 99.5 Å². The predicted molar refractivity (Wildman–Crippen MR) is 134 cm³/mol. The summed E-state index contributed by atoms with van der Waals surface area (Å²) in [6.07, 6.45) is 6.51. The van der Waals surface area contributed by atoms with Gasteiger partial charge in [0, 0.05) is 40.1 Å². The summed E-state index contributed by atoms with van der Waals surface area (Å²) in [5.74, 6) is -2.70. The third kappa shape index (κ3) is 4.05. The van der Waals surface area contributed by atoms with Gasteiger partial charge in [-0.25, -0.2) is 8.78 Å². The Hall–Kier alpha value is -3.79. The van der Waals surface area contributed by atoms with Gasteiger partial charge in [-0.2, -0.15) is 0 Å². The Balaban J connectivity index is 1.49. The maximum atomic E-state index is 15.3. The monoisotopic (exact) mass is 523 g/mol. The summed E-state index contributed by atoms with van der Waals surface area (Å²) in [6.45, 7) is 0.289. The zero-order valence-electron chi connectivity index (χ0n) is 19.7. The van der Waals surface area contributed by atoms with Crippen LogP contribution in [0.1, 0.15) is 34.5 Å². The number of benzene rings is 2. The lowest BCUT2D eigenvalue weighted by Gasteiger charge is -2.42. The molecule has 37 heavy (non-hydrogen) atoms. The molecule has 1 fully saturated rings. The second-order valence-corrected chi connectivity index (χ2v) is 10.4. The molecule has 1 aliphatic carbocycles. The summed E-state index contributed by atoms with van der Waals surface area (Å²) < 4.78 is 37.4. The van der Waals surface area contributed by atoms with Crippen molar-refractivity contribution in [1.29, 1.82) is 0 Å². The summed E-state index contributed by atoms with van der Waals surface area (Å²) in [6, 6.07) is 11.6. The fourth-order valence-electron chi connectivity index (χ4n) is 4.90. The molecule has 2 aromatic carbocycles. The molecule has 6 rings (SSSR count). The molecule has 1 N–H and O–H groups in total. The highest BCUT2D eigenvalue weighted by Crippen LogP contribution is 2.46. The van der Waals surface area contributed by atoms with Gasteiger partial charge in [-0.15, -0.1) is 11.8 Å². The minimum Gasteiger partial charge on any atom is -0.502 e. The molecule has 3 heterocycles. The lowest BCUT2D eigenvalue weighted by Crippen LogP contribution is -2.57. The van der Waals surface area contributed by atoms with Crippen LogP contribution >= 0.6 is 11.8 Å². The van der Waals surface area contributed by atoms with Crippen LogP contribution in [0, 0.1) is 11.6 Å². The first kappa shape index (κ1) is 23.6. The van der Waals surface area contributed by atoms with E-state index in [-0.39, 0.29) is 42.6 Å². The maximum absolute atomic E-state index is 15.3. The van der Waals surface area contributed by atoms with Crippen LogP contribution < -0.4 is 15.2 Å². The first-order valence-electron chi connectivity index (χ1n) is 11.9. The van der Waals surface area contributed by atoms with Crippen molar-refractivity contribution >= 4 is 17.7 Å². The Morgan fingerprint density at radius 2 is 1.89 bits per heavy atom. The third-order valence-corrected chi connectivity index (χ3v) is 8.07. The molecule has 190 valence electrons. The molecule has 0 atom stereocenters. The summed E-state index contributed by atoms with van der Waals surface area (Å²) >= 11 is 1.37. The Bertz CT molecular complexity index is 1490. The minimum atomic E-state index is -1.00. The fourth-order valence-corrected chi connectivity index (χ4v) is 5.86. The number of amides is 1. The first-order valence-corrected chi connectivity index (χ1v) is 12.9. The van der Waals surface area contributed by atoms with E-state index in [0.29, 0.717) is 5.56 Å². The maximum Gasteiger partial charge on any atom is 0.278 e. The number of rotatable bonds is 3. The van der Waals surface area contributed by atoms with Gasteiger partial charge in [-0.1, -0.05) is 24.3 Å². The van der Waals surface area contributed by atoms with Crippen LogP contribution in [-0.2, 0) is 12.3 Å². The molecular weight excluding hydrogens is 500 g/mol. The number of aromatic hydroxyl groups is 1. The summed E-state index contributed by atoms with van der Waals surface area (Å²) in [5.41, 5.74) is -0.795. The Morgan fingerprint density at radius 1 is 1.11 bits per heavy atom. The van der Waals surface area contributed by atoms with Crippen molar-refractivity contribution in [3.63, 3.8) is 0 Å². The normalized spacial score (nSPS) is 18.5. The van der Waals surface area contributed by atoms with Crippen molar-refractivity contribution in [2.45, 2.75) is 35.6 Å². The number of pyridine rings is 1. The molecular formula is C27H23F2N3O4S. The highest BCUT2D eigenvalue weighted by atomic mass is 32.2. The van der Waals surface area contributed by atoms with Crippen LogP contribution in [0.25, 0.3) is 0 Å². The van der Waals surface area contributed by atoms with Crippen LogP contribution in [0.5, 0.6) is 11.5 Å². The van der Waals surface area contributed by atoms with Gasteiger partial charge in [0.2, 0.25) is 5.43 Å². The van der Waals surface area contributed by atoms with E-state index in [1.54, 1.807) is 16.0 Å². The van der Waals surface area contributed by atoms with Crippen LogP contribution in [0.15, 0.2) is 70.5 Å². The second-order valence-electron chi connectivity index (χ2n) is 9.31. The molecule has 7 nitrogen and oxygen atoms in total. The number of hydrogen-bond donors (Lipinski definition) is 1. The molecule has 0 saturated heterocycles. The van der Waals surface area contributed by atoms with E-state index in [0.717, 1.165) is 23.8 Å². The van der Waals surface area contributed by atoms with Gasteiger partial charge in [-0.3, -0.25) is 19.3 Å². The van der Waals surface area contributed by atoms with E-state index in [1.807, 2.05) is 36.4 Å². The summed E-state index contributed by atoms with van der Waals surface area (Å²) in [4.78, 5) is 28.2. The number of hydrogen-bond acceptors (Lipinski definition) is 6. The average molecular weight is 524 g/mol. The standard InChI is InChI=1S/C27H23F2N3O4S/c28-20-13-22-18(19(23(20)29)15-37-17-5-2-1-3-6-17)14-30-16-31(27(9-10-27)8-4-12-36-22)26(35)24-25(34)21(33)7-11-32(24)30/h1-8,11,13,34H,9-10,12,14-16H2/b8-4+. The van der Waals surface area contributed by atoms with Gasteiger partial charge >= 0.3 is 0 Å². The number of carbonyl (C=O) groups excluding carboxylic acids is 1. The molecule has 2 bridgehead atoms. The predicted octanol–water partition coefficient (Wildman–Crippen LogP) is 4.16. The summed E-state index contributed by atoms with van der Waals surface area (Å²) in [5, 5.41) is 12.3. The number of fused-ring (bicyclic) bond motifs is 6. The van der Waals surface area contributed by atoms with Gasteiger partial charge in [0.05, 0.1) is 12.1 Å². The van der Waals surface area contributed by atoms with Gasteiger partial charge in [-0.05, 0) is 31.1 Å². The van der Waals surface area contributed by atoms with E-state index in [2.05, 4.69) is 0 Å². The minimum absolute atomic E-state index is 0.0480. The van der Waals surface area contributed by atoms with E-state index in [9.17, 15) is 19.1 Å². The Kier molecular flexibility index (Phi) is 5.71. The van der Waals surface area contributed by atoms with Crippen molar-refractivity contribution in [3.8, 4) is 11.5 Å². The molecule has 1 saturated carbocycles. The first-order chi connectivity index (χ1) is 17.9. The lowest BCUT2D eigenvalue weighted by atomic mass is 10.1. The number of aromatic nitrogens is 1. The van der Waals surface area contributed by atoms with Gasteiger partial charge < -0.3 is 14.7 Å². The van der Waals surface area contributed by atoms with E-state index >= 15 is 4.39 Å². The summed E-state index contributed by atoms with van der Waals surface area (Å²) in [7, 11) is 0. The van der Waals surface area contributed by atoms with Crippen molar-refractivity contribution in [2.24, 2.45) is 0 Å². The van der Waals surface area contributed by atoms with Crippen molar-refractivity contribution < 1.29 is 23.4 Å². The van der Waals surface area contributed by atoms with E-state index in [4.69, 9.17) is 4.74 Å². The van der Waals surface area contributed by atoms with Gasteiger partial charge in [0.15, 0.2) is 23.1 Å². The Morgan fingerprint density at radius 3 is 2.65 bits per heavy atom. The molecule has 1 spiro atoms. The molecule has 0 unspecified atom stereocenters. The lowest BCUT2D eigenvalue weighted by molar-refractivity contribution is 0.0612. The Labute approximate surface area is 215 Å². The highest BCUT2D eigenvalue weighted by molar-refractivity contribution is 7.98. The molecule has 1 amide bonds. The molecule has 3 aliphatic rings. The smallest absolute Gasteiger partial charge is 0.278 e. The largest absolute Gasteiger partial charge is 0.502 e. The number of thioether (sulfide) groups is 1. The highest BCUT2D eigenvalue weighted by Gasteiger charge is 2.51. The van der Waals surface area contributed by atoms with Crippen LogP contribution in [0.4, 0.5) is 8.78 Å². The second kappa shape index (κ2) is 8.95.